The number of hydrogen-bond donors (Lipinski definition) is 0. The smallest absolute Gasteiger partial charge is 0.219 e. The average Bonchev–Trinajstić information content (AvgIpc) is 2.28. The summed E-state index contributed by atoms with van der Waals surface area (Å²) in [6, 6.07) is 1.99. The molecule has 86 valence electrons. The zero-order valence-electron chi connectivity index (χ0n) is 9.69. The van der Waals surface area contributed by atoms with E-state index in [0.717, 1.165) is 30.0 Å². The number of carbonyl (C=O) groups is 1. The maximum absolute atomic E-state index is 11.3. The van der Waals surface area contributed by atoms with Gasteiger partial charge in [0, 0.05) is 32.1 Å². The molecule has 1 aliphatic rings. The summed E-state index contributed by atoms with van der Waals surface area (Å²) >= 11 is 0. The molecule has 1 aliphatic heterocycles. The third-order valence-electron chi connectivity index (χ3n) is 2.77. The van der Waals surface area contributed by atoms with Crippen molar-refractivity contribution in [3.05, 3.63) is 23.5 Å². The SMILES string of the molecule is CCOc1cnc2c(c1)CN(C(C)=O)CC2. The molecule has 1 amide bonds. The van der Waals surface area contributed by atoms with Gasteiger partial charge in [-0.3, -0.25) is 9.78 Å². The van der Waals surface area contributed by atoms with Gasteiger partial charge < -0.3 is 9.64 Å². The second-order valence-electron chi connectivity index (χ2n) is 3.90. The van der Waals surface area contributed by atoms with Crippen LogP contribution in [0.5, 0.6) is 5.75 Å². The van der Waals surface area contributed by atoms with Crippen molar-refractivity contribution in [2.24, 2.45) is 0 Å². The number of carbonyl (C=O) groups excluding carboxylic acids is 1. The van der Waals surface area contributed by atoms with E-state index in [0.29, 0.717) is 13.2 Å². The molecule has 0 unspecified atom stereocenters. The minimum absolute atomic E-state index is 0.118. The van der Waals surface area contributed by atoms with Crippen molar-refractivity contribution >= 4 is 5.91 Å². The number of hydrogen-bond acceptors (Lipinski definition) is 3. The molecule has 0 aromatic carbocycles. The quantitative estimate of drug-likeness (QED) is 0.756. The molecular formula is C12H16N2O2. The van der Waals surface area contributed by atoms with Crippen LogP contribution in [0.2, 0.25) is 0 Å². The van der Waals surface area contributed by atoms with Crippen molar-refractivity contribution in [3.8, 4) is 5.75 Å². The minimum atomic E-state index is 0.118. The molecule has 0 radical (unpaired) electrons. The molecule has 0 bridgehead atoms. The first-order valence-electron chi connectivity index (χ1n) is 5.57. The lowest BCUT2D eigenvalue weighted by atomic mass is 10.1. The van der Waals surface area contributed by atoms with Crippen molar-refractivity contribution < 1.29 is 9.53 Å². The Morgan fingerprint density at radius 3 is 3.12 bits per heavy atom. The molecule has 4 heteroatoms. The third kappa shape index (κ3) is 2.15. The van der Waals surface area contributed by atoms with E-state index in [-0.39, 0.29) is 5.91 Å². The largest absolute Gasteiger partial charge is 0.492 e. The van der Waals surface area contributed by atoms with Crippen LogP contribution in [-0.4, -0.2) is 28.9 Å². The van der Waals surface area contributed by atoms with Gasteiger partial charge in [0.15, 0.2) is 0 Å². The zero-order valence-corrected chi connectivity index (χ0v) is 9.69. The van der Waals surface area contributed by atoms with E-state index in [9.17, 15) is 4.79 Å². The number of ether oxygens (including phenoxy) is 1. The average molecular weight is 220 g/mol. The summed E-state index contributed by atoms with van der Waals surface area (Å²) in [5.41, 5.74) is 2.19. The van der Waals surface area contributed by atoms with Gasteiger partial charge in [-0.2, -0.15) is 0 Å². The van der Waals surface area contributed by atoms with Crippen molar-refractivity contribution in [1.29, 1.82) is 0 Å². The van der Waals surface area contributed by atoms with Crippen LogP contribution >= 0.6 is 0 Å². The summed E-state index contributed by atoms with van der Waals surface area (Å²) in [5, 5.41) is 0. The van der Waals surface area contributed by atoms with Crippen LogP contribution < -0.4 is 4.74 Å². The molecule has 2 rings (SSSR count). The molecule has 0 atom stereocenters. The van der Waals surface area contributed by atoms with Gasteiger partial charge in [-0.15, -0.1) is 0 Å². The second kappa shape index (κ2) is 4.51. The van der Waals surface area contributed by atoms with Crippen LogP contribution in [0.4, 0.5) is 0 Å². The fourth-order valence-electron chi connectivity index (χ4n) is 1.92. The first-order chi connectivity index (χ1) is 7.70. The third-order valence-corrected chi connectivity index (χ3v) is 2.77. The second-order valence-corrected chi connectivity index (χ2v) is 3.90. The highest BCUT2D eigenvalue weighted by Gasteiger charge is 2.19. The number of pyridine rings is 1. The monoisotopic (exact) mass is 220 g/mol. The number of nitrogens with zero attached hydrogens (tertiary/aromatic N) is 2. The Morgan fingerprint density at radius 1 is 1.62 bits per heavy atom. The summed E-state index contributed by atoms with van der Waals surface area (Å²) in [5.74, 6) is 0.902. The Labute approximate surface area is 95.2 Å². The number of amides is 1. The van der Waals surface area contributed by atoms with Crippen LogP contribution in [0.1, 0.15) is 25.1 Å². The molecule has 2 heterocycles. The van der Waals surface area contributed by atoms with Crippen molar-refractivity contribution in [3.63, 3.8) is 0 Å². The van der Waals surface area contributed by atoms with E-state index in [1.807, 2.05) is 17.9 Å². The number of aromatic nitrogens is 1. The number of rotatable bonds is 2. The molecule has 0 saturated heterocycles. The Morgan fingerprint density at radius 2 is 2.44 bits per heavy atom. The Kier molecular flexibility index (Phi) is 3.08. The predicted molar refractivity (Wildman–Crippen MR) is 60.2 cm³/mol. The fraction of sp³-hybridized carbons (Fsp3) is 0.500. The van der Waals surface area contributed by atoms with E-state index in [2.05, 4.69) is 4.98 Å². The molecule has 16 heavy (non-hydrogen) atoms. The highest BCUT2D eigenvalue weighted by Crippen LogP contribution is 2.21. The van der Waals surface area contributed by atoms with Gasteiger partial charge in [-0.05, 0) is 18.6 Å². The summed E-state index contributed by atoms with van der Waals surface area (Å²) in [6.45, 7) is 5.60. The summed E-state index contributed by atoms with van der Waals surface area (Å²) < 4.78 is 5.40. The number of fused-ring (bicyclic) bond motifs is 1. The van der Waals surface area contributed by atoms with Crippen LogP contribution in [0.3, 0.4) is 0 Å². The Balaban J connectivity index is 2.21. The highest BCUT2D eigenvalue weighted by atomic mass is 16.5. The van der Waals surface area contributed by atoms with Gasteiger partial charge in [0.1, 0.15) is 5.75 Å². The van der Waals surface area contributed by atoms with Crippen molar-refractivity contribution in [2.45, 2.75) is 26.8 Å². The summed E-state index contributed by atoms with van der Waals surface area (Å²) in [6.07, 6.45) is 2.59. The van der Waals surface area contributed by atoms with Gasteiger partial charge in [-0.25, -0.2) is 0 Å². The minimum Gasteiger partial charge on any atom is -0.492 e. The normalized spacial score (nSPS) is 14.5. The summed E-state index contributed by atoms with van der Waals surface area (Å²) in [4.78, 5) is 17.5. The van der Waals surface area contributed by atoms with Gasteiger partial charge in [0.25, 0.3) is 0 Å². The maximum Gasteiger partial charge on any atom is 0.219 e. The van der Waals surface area contributed by atoms with E-state index in [4.69, 9.17) is 4.74 Å². The summed E-state index contributed by atoms with van der Waals surface area (Å²) in [7, 11) is 0. The lowest BCUT2D eigenvalue weighted by molar-refractivity contribution is -0.129. The molecule has 0 saturated carbocycles. The van der Waals surface area contributed by atoms with E-state index >= 15 is 0 Å². The van der Waals surface area contributed by atoms with E-state index < -0.39 is 0 Å². The van der Waals surface area contributed by atoms with Gasteiger partial charge >= 0.3 is 0 Å². The van der Waals surface area contributed by atoms with Gasteiger partial charge in [0.2, 0.25) is 5.91 Å². The Bertz CT molecular complexity index is 404. The van der Waals surface area contributed by atoms with Crippen LogP contribution in [0.15, 0.2) is 12.3 Å². The molecule has 0 fully saturated rings. The van der Waals surface area contributed by atoms with E-state index in [1.165, 1.54) is 0 Å². The molecule has 0 N–H and O–H groups in total. The van der Waals surface area contributed by atoms with Crippen molar-refractivity contribution in [2.75, 3.05) is 13.2 Å². The van der Waals surface area contributed by atoms with E-state index in [1.54, 1.807) is 13.1 Å². The predicted octanol–water partition coefficient (Wildman–Crippen LogP) is 1.38. The first-order valence-corrected chi connectivity index (χ1v) is 5.57. The molecule has 0 spiro atoms. The standard InChI is InChI=1S/C12H16N2O2/c1-3-16-11-6-10-8-14(9(2)15)5-4-12(10)13-7-11/h6-7H,3-5,8H2,1-2H3. The molecule has 1 aromatic rings. The molecule has 4 nitrogen and oxygen atoms in total. The van der Waals surface area contributed by atoms with Gasteiger partial charge in [-0.1, -0.05) is 0 Å². The Hall–Kier alpha value is -1.58. The topological polar surface area (TPSA) is 42.4 Å². The maximum atomic E-state index is 11.3. The highest BCUT2D eigenvalue weighted by molar-refractivity contribution is 5.73. The molecule has 0 aliphatic carbocycles. The lowest BCUT2D eigenvalue weighted by Gasteiger charge is -2.27. The van der Waals surface area contributed by atoms with Crippen LogP contribution in [0.25, 0.3) is 0 Å². The van der Waals surface area contributed by atoms with Crippen LogP contribution in [-0.2, 0) is 17.8 Å². The van der Waals surface area contributed by atoms with Gasteiger partial charge in [0.05, 0.1) is 12.8 Å². The lowest BCUT2D eigenvalue weighted by Crippen LogP contribution is -2.34. The zero-order chi connectivity index (χ0) is 11.5. The van der Waals surface area contributed by atoms with Crippen LogP contribution in [0, 0.1) is 0 Å². The fourth-order valence-corrected chi connectivity index (χ4v) is 1.92. The first kappa shape index (κ1) is 10.9. The molecular weight excluding hydrogens is 204 g/mol. The van der Waals surface area contributed by atoms with Crippen molar-refractivity contribution in [1.82, 2.24) is 9.88 Å². The molecule has 1 aromatic heterocycles.